The Morgan fingerprint density at radius 2 is 2.12 bits per heavy atom. The third-order valence-electron chi connectivity index (χ3n) is 3.63. The van der Waals surface area contributed by atoms with Gasteiger partial charge in [-0.05, 0) is 43.7 Å². The molecule has 2 unspecified atom stereocenters. The van der Waals surface area contributed by atoms with Crippen molar-refractivity contribution in [1.82, 2.24) is 0 Å². The van der Waals surface area contributed by atoms with E-state index in [2.05, 4.69) is 6.92 Å². The smallest absolute Gasteiger partial charge is 0.178 e. The number of hydrogen-bond acceptors (Lipinski definition) is 2. The van der Waals surface area contributed by atoms with E-state index in [1.54, 1.807) is 12.1 Å². The van der Waals surface area contributed by atoms with Crippen LogP contribution in [0.25, 0.3) is 0 Å². The maximum Gasteiger partial charge on any atom is 0.178 e. The van der Waals surface area contributed by atoms with Crippen LogP contribution in [0.5, 0.6) is 5.75 Å². The number of hydrogen-bond donors (Lipinski definition) is 1. The van der Waals surface area contributed by atoms with E-state index in [-0.39, 0.29) is 17.7 Å². The van der Waals surface area contributed by atoms with Crippen molar-refractivity contribution in [2.75, 3.05) is 5.73 Å². The Bertz CT molecular complexity index is 360. The van der Waals surface area contributed by atoms with Crippen molar-refractivity contribution >= 4 is 5.69 Å². The molecule has 94 valence electrons. The predicted octanol–water partition coefficient (Wildman–Crippen LogP) is 3.76. The van der Waals surface area contributed by atoms with Crippen LogP contribution in [0.4, 0.5) is 10.1 Å². The summed E-state index contributed by atoms with van der Waals surface area (Å²) in [6.07, 6.45) is 5.80. The van der Waals surface area contributed by atoms with E-state index in [1.807, 2.05) is 0 Å². The molecular formula is C14H20FNO. The van der Waals surface area contributed by atoms with Gasteiger partial charge in [0.25, 0.3) is 0 Å². The van der Waals surface area contributed by atoms with Crippen molar-refractivity contribution < 1.29 is 9.13 Å². The van der Waals surface area contributed by atoms with Gasteiger partial charge in [0.15, 0.2) is 11.6 Å². The Kier molecular flexibility index (Phi) is 3.87. The lowest BCUT2D eigenvalue weighted by molar-refractivity contribution is 0.0871. The van der Waals surface area contributed by atoms with Gasteiger partial charge in [0.05, 0.1) is 5.69 Å². The Balaban J connectivity index is 2.13. The largest absolute Gasteiger partial charge is 0.485 e. The van der Waals surface area contributed by atoms with Crippen LogP contribution in [0.1, 0.15) is 39.0 Å². The van der Waals surface area contributed by atoms with E-state index in [1.165, 1.54) is 18.9 Å². The van der Waals surface area contributed by atoms with Gasteiger partial charge in [-0.15, -0.1) is 0 Å². The molecule has 1 aromatic carbocycles. The summed E-state index contributed by atoms with van der Waals surface area (Å²) in [6, 6.07) is 4.69. The van der Waals surface area contributed by atoms with Gasteiger partial charge in [0.1, 0.15) is 6.10 Å². The number of nitrogens with two attached hydrogens (primary N) is 1. The van der Waals surface area contributed by atoms with E-state index < -0.39 is 0 Å². The average Bonchev–Trinajstić information content (AvgIpc) is 2.34. The van der Waals surface area contributed by atoms with Crippen LogP contribution in [0, 0.1) is 11.7 Å². The molecule has 2 nitrogen and oxygen atoms in total. The molecule has 0 saturated heterocycles. The molecule has 2 rings (SSSR count). The molecule has 1 fully saturated rings. The van der Waals surface area contributed by atoms with Gasteiger partial charge >= 0.3 is 0 Å². The first-order chi connectivity index (χ1) is 8.22. The highest BCUT2D eigenvalue weighted by atomic mass is 19.1. The first-order valence-corrected chi connectivity index (χ1v) is 6.43. The average molecular weight is 237 g/mol. The van der Waals surface area contributed by atoms with Crippen molar-refractivity contribution in [2.24, 2.45) is 5.92 Å². The molecule has 1 aliphatic rings. The number of benzene rings is 1. The molecule has 1 saturated carbocycles. The second kappa shape index (κ2) is 5.39. The monoisotopic (exact) mass is 237 g/mol. The fourth-order valence-electron chi connectivity index (χ4n) is 2.60. The second-order valence-electron chi connectivity index (χ2n) is 4.77. The third-order valence-corrected chi connectivity index (χ3v) is 3.63. The highest BCUT2D eigenvalue weighted by Gasteiger charge is 2.26. The molecule has 3 heteroatoms. The van der Waals surface area contributed by atoms with Crippen LogP contribution >= 0.6 is 0 Å². The maximum atomic E-state index is 13.6. The van der Waals surface area contributed by atoms with Crippen LogP contribution in [0.2, 0.25) is 0 Å². The van der Waals surface area contributed by atoms with Gasteiger partial charge in [-0.3, -0.25) is 0 Å². The molecule has 0 aliphatic heterocycles. The summed E-state index contributed by atoms with van der Waals surface area (Å²) in [7, 11) is 0. The number of rotatable bonds is 3. The maximum absolute atomic E-state index is 13.6. The highest BCUT2D eigenvalue weighted by Crippen LogP contribution is 2.33. The van der Waals surface area contributed by atoms with Gasteiger partial charge in [-0.25, -0.2) is 4.39 Å². The fraction of sp³-hybridized carbons (Fsp3) is 0.571. The summed E-state index contributed by atoms with van der Waals surface area (Å²) in [6.45, 7) is 2.16. The van der Waals surface area contributed by atoms with Gasteiger partial charge in [-0.2, -0.15) is 0 Å². The first-order valence-electron chi connectivity index (χ1n) is 6.43. The van der Waals surface area contributed by atoms with Crippen molar-refractivity contribution in [3.05, 3.63) is 24.0 Å². The number of para-hydroxylation sites is 1. The van der Waals surface area contributed by atoms with Gasteiger partial charge in [0.2, 0.25) is 0 Å². The summed E-state index contributed by atoms with van der Waals surface area (Å²) in [5, 5.41) is 0. The molecule has 0 amide bonds. The second-order valence-corrected chi connectivity index (χ2v) is 4.77. The molecule has 0 aromatic heterocycles. The zero-order chi connectivity index (χ0) is 12.3. The summed E-state index contributed by atoms with van der Waals surface area (Å²) in [4.78, 5) is 0. The van der Waals surface area contributed by atoms with Crippen LogP contribution < -0.4 is 10.5 Å². The first kappa shape index (κ1) is 12.2. The van der Waals surface area contributed by atoms with E-state index in [0.29, 0.717) is 11.6 Å². The van der Waals surface area contributed by atoms with E-state index >= 15 is 0 Å². The standard InChI is InChI=1S/C14H20FNO/c1-2-10-6-3-4-9-13(10)17-14-11(15)7-5-8-12(14)16/h5,7-8,10,13H,2-4,6,9,16H2,1H3. The minimum Gasteiger partial charge on any atom is -0.485 e. The molecule has 1 aromatic rings. The quantitative estimate of drug-likeness (QED) is 0.812. The molecule has 2 atom stereocenters. The SMILES string of the molecule is CCC1CCCCC1Oc1c(N)cccc1F. The van der Waals surface area contributed by atoms with Crippen molar-refractivity contribution in [2.45, 2.75) is 45.1 Å². The lowest BCUT2D eigenvalue weighted by Gasteiger charge is -2.31. The van der Waals surface area contributed by atoms with Crippen molar-refractivity contribution in [3.8, 4) is 5.75 Å². The molecule has 17 heavy (non-hydrogen) atoms. The Morgan fingerprint density at radius 3 is 2.82 bits per heavy atom. The van der Waals surface area contributed by atoms with Crippen LogP contribution in [-0.4, -0.2) is 6.10 Å². The molecule has 0 heterocycles. The summed E-state index contributed by atoms with van der Waals surface area (Å²) in [5.41, 5.74) is 6.15. The zero-order valence-corrected chi connectivity index (χ0v) is 10.3. The van der Waals surface area contributed by atoms with Crippen LogP contribution in [-0.2, 0) is 0 Å². The molecule has 0 spiro atoms. The number of ether oxygens (including phenoxy) is 1. The topological polar surface area (TPSA) is 35.2 Å². The fourth-order valence-corrected chi connectivity index (χ4v) is 2.60. The van der Waals surface area contributed by atoms with Gasteiger partial charge < -0.3 is 10.5 Å². The van der Waals surface area contributed by atoms with Gasteiger partial charge in [0, 0.05) is 0 Å². The third kappa shape index (κ3) is 2.71. The summed E-state index contributed by atoms with van der Waals surface area (Å²) in [5.74, 6) is 0.408. The molecule has 1 aliphatic carbocycles. The minimum absolute atomic E-state index is 0.118. The number of nitrogen functional groups attached to an aromatic ring is 1. The van der Waals surface area contributed by atoms with E-state index in [9.17, 15) is 4.39 Å². The zero-order valence-electron chi connectivity index (χ0n) is 10.3. The van der Waals surface area contributed by atoms with E-state index in [4.69, 9.17) is 10.5 Å². The Labute approximate surface area is 102 Å². The normalized spacial score (nSPS) is 24.6. The molecule has 2 N–H and O–H groups in total. The molecule has 0 radical (unpaired) electrons. The predicted molar refractivity (Wildman–Crippen MR) is 67.5 cm³/mol. The minimum atomic E-state index is -0.356. The highest BCUT2D eigenvalue weighted by molar-refractivity contribution is 5.52. The van der Waals surface area contributed by atoms with E-state index in [0.717, 1.165) is 19.3 Å². The van der Waals surface area contributed by atoms with Crippen molar-refractivity contribution in [3.63, 3.8) is 0 Å². The summed E-state index contributed by atoms with van der Waals surface area (Å²) >= 11 is 0. The lowest BCUT2D eigenvalue weighted by Crippen LogP contribution is -2.30. The van der Waals surface area contributed by atoms with Crippen LogP contribution in [0.15, 0.2) is 18.2 Å². The number of anilines is 1. The Morgan fingerprint density at radius 1 is 1.35 bits per heavy atom. The Hall–Kier alpha value is -1.25. The molecule has 0 bridgehead atoms. The summed E-state index contributed by atoms with van der Waals surface area (Å²) < 4.78 is 19.5. The lowest BCUT2D eigenvalue weighted by atomic mass is 9.85. The van der Waals surface area contributed by atoms with Crippen LogP contribution in [0.3, 0.4) is 0 Å². The van der Waals surface area contributed by atoms with Crippen molar-refractivity contribution in [1.29, 1.82) is 0 Å². The number of halogens is 1. The van der Waals surface area contributed by atoms with Gasteiger partial charge in [-0.1, -0.05) is 19.4 Å². The molecular weight excluding hydrogens is 217 g/mol.